The van der Waals surface area contributed by atoms with Gasteiger partial charge in [0, 0.05) is 6.54 Å². The summed E-state index contributed by atoms with van der Waals surface area (Å²) in [5.41, 5.74) is 6.41. The van der Waals surface area contributed by atoms with Gasteiger partial charge in [-0.05, 0) is 18.8 Å². The van der Waals surface area contributed by atoms with Gasteiger partial charge in [0.05, 0.1) is 11.5 Å². The van der Waals surface area contributed by atoms with E-state index in [1.54, 1.807) is 0 Å². The van der Waals surface area contributed by atoms with E-state index in [9.17, 15) is 8.42 Å². The summed E-state index contributed by atoms with van der Waals surface area (Å²) in [4.78, 5) is 0. The Kier molecular flexibility index (Phi) is 2.90. The molecule has 1 heterocycles. The molecule has 1 rings (SSSR count). The number of nitrogens with two attached hydrogens (primary N) is 1. The second-order valence-corrected chi connectivity index (χ2v) is 5.59. The molecule has 0 spiro atoms. The van der Waals surface area contributed by atoms with Gasteiger partial charge in [0.25, 0.3) is 0 Å². The molecule has 1 aliphatic rings. The minimum atomic E-state index is -2.74. The Hall–Kier alpha value is -0.350. The first-order valence-corrected chi connectivity index (χ1v) is 5.95. The Labute approximate surface area is 73.6 Å². The van der Waals surface area contributed by atoms with E-state index >= 15 is 0 Å². The van der Waals surface area contributed by atoms with E-state index in [1.165, 1.54) is 0 Å². The van der Waals surface area contributed by atoms with Gasteiger partial charge in [0.15, 0.2) is 0 Å². The standard InChI is InChI=1S/C8H15NO2S/c1-7(6-9)8-2-4-12(10,11)5-3-8/h8H,1-6,9H2. The average molecular weight is 189 g/mol. The predicted octanol–water partition coefficient (Wildman–Crippen LogP) is 0.326. The molecule has 0 aliphatic carbocycles. The Bertz CT molecular complexity index is 255. The lowest BCUT2D eigenvalue weighted by molar-refractivity contribution is 0.515. The fourth-order valence-corrected chi connectivity index (χ4v) is 2.96. The van der Waals surface area contributed by atoms with Crippen molar-refractivity contribution < 1.29 is 8.42 Å². The third-order valence-electron chi connectivity index (χ3n) is 2.39. The van der Waals surface area contributed by atoms with Crippen molar-refractivity contribution >= 4 is 9.84 Å². The van der Waals surface area contributed by atoms with Crippen molar-refractivity contribution in [3.05, 3.63) is 12.2 Å². The molecule has 0 bridgehead atoms. The Morgan fingerprint density at radius 2 is 1.92 bits per heavy atom. The zero-order valence-corrected chi connectivity index (χ0v) is 7.94. The minimum Gasteiger partial charge on any atom is -0.327 e. The van der Waals surface area contributed by atoms with Crippen molar-refractivity contribution in [3.8, 4) is 0 Å². The van der Waals surface area contributed by atoms with E-state index in [2.05, 4.69) is 6.58 Å². The van der Waals surface area contributed by atoms with Crippen LogP contribution in [0.3, 0.4) is 0 Å². The topological polar surface area (TPSA) is 60.2 Å². The van der Waals surface area contributed by atoms with Gasteiger partial charge < -0.3 is 5.73 Å². The second kappa shape index (κ2) is 3.58. The van der Waals surface area contributed by atoms with Crippen LogP contribution in [0, 0.1) is 5.92 Å². The predicted molar refractivity (Wildman–Crippen MR) is 49.6 cm³/mol. The molecular formula is C8H15NO2S. The molecule has 0 amide bonds. The molecule has 0 unspecified atom stereocenters. The molecule has 2 N–H and O–H groups in total. The zero-order valence-electron chi connectivity index (χ0n) is 7.12. The number of sulfone groups is 1. The third kappa shape index (κ3) is 2.32. The van der Waals surface area contributed by atoms with Crippen LogP contribution in [0.15, 0.2) is 12.2 Å². The van der Waals surface area contributed by atoms with Crippen molar-refractivity contribution in [2.24, 2.45) is 11.7 Å². The van der Waals surface area contributed by atoms with Crippen LogP contribution in [0.2, 0.25) is 0 Å². The molecule has 4 heteroatoms. The van der Waals surface area contributed by atoms with Crippen LogP contribution >= 0.6 is 0 Å². The lowest BCUT2D eigenvalue weighted by atomic mass is 9.95. The molecule has 3 nitrogen and oxygen atoms in total. The molecule has 0 aromatic heterocycles. The molecule has 1 aliphatic heterocycles. The Morgan fingerprint density at radius 1 is 1.42 bits per heavy atom. The summed E-state index contributed by atoms with van der Waals surface area (Å²) in [5, 5.41) is 0. The monoisotopic (exact) mass is 189 g/mol. The third-order valence-corrected chi connectivity index (χ3v) is 4.11. The van der Waals surface area contributed by atoms with Crippen LogP contribution in [0.25, 0.3) is 0 Å². The van der Waals surface area contributed by atoms with Crippen LogP contribution < -0.4 is 5.73 Å². The smallest absolute Gasteiger partial charge is 0.150 e. The lowest BCUT2D eigenvalue weighted by Gasteiger charge is -2.22. The Balaban J connectivity index is 2.52. The summed E-state index contributed by atoms with van der Waals surface area (Å²) in [5.74, 6) is 0.937. The molecule has 0 saturated carbocycles. The molecule has 12 heavy (non-hydrogen) atoms. The van der Waals surface area contributed by atoms with Crippen LogP contribution in [-0.2, 0) is 9.84 Å². The largest absolute Gasteiger partial charge is 0.327 e. The quantitative estimate of drug-likeness (QED) is 0.637. The van der Waals surface area contributed by atoms with Crippen LogP contribution in [0.4, 0.5) is 0 Å². The first-order valence-electron chi connectivity index (χ1n) is 4.13. The van der Waals surface area contributed by atoms with E-state index in [0.29, 0.717) is 36.8 Å². The van der Waals surface area contributed by atoms with Crippen LogP contribution in [-0.4, -0.2) is 26.5 Å². The van der Waals surface area contributed by atoms with Gasteiger partial charge in [-0.2, -0.15) is 0 Å². The summed E-state index contributed by atoms with van der Waals surface area (Å²) in [6.07, 6.45) is 1.41. The van der Waals surface area contributed by atoms with E-state index < -0.39 is 9.84 Å². The van der Waals surface area contributed by atoms with E-state index in [0.717, 1.165) is 5.57 Å². The van der Waals surface area contributed by atoms with Gasteiger partial charge in [-0.1, -0.05) is 12.2 Å². The maximum Gasteiger partial charge on any atom is 0.150 e. The first kappa shape index (κ1) is 9.74. The van der Waals surface area contributed by atoms with Gasteiger partial charge >= 0.3 is 0 Å². The van der Waals surface area contributed by atoms with E-state index in [-0.39, 0.29) is 0 Å². The van der Waals surface area contributed by atoms with Crippen LogP contribution in [0.1, 0.15) is 12.8 Å². The second-order valence-electron chi connectivity index (χ2n) is 3.29. The van der Waals surface area contributed by atoms with Crippen molar-refractivity contribution in [1.29, 1.82) is 0 Å². The normalized spacial score (nSPS) is 23.8. The fourth-order valence-electron chi connectivity index (χ4n) is 1.46. The highest BCUT2D eigenvalue weighted by Gasteiger charge is 2.24. The number of rotatable bonds is 2. The summed E-state index contributed by atoms with van der Waals surface area (Å²) < 4.78 is 22.1. The van der Waals surface area contributed by atoms with Crippen molar-refractivity contribution in [2.75, 3.05) is 18.1 Å². The lowest BCUT2D eigenvalue weighted by Crippen LogP contribution is -2.26. The summed E-state index contributed by atoms with van der Waals surface area (Å²) in [6.45, 7) is 4.30. The van der Waals surface area contributed by atoms with Crippen molar-refractivity contribution in [2.45, 2.75) is 12.8 Å². The molecule has 0 atom stereocenters. The molecule has 0 radical (unpaired) electrons. The van der Waals surface area contributed by atoms with E-state index in [1.807, 2.05) is 0 Å². The minimum absolute atomic E-state index is 0.302. The molecule has 0 aromatic rings. The average Bonchev–Trinajstić information content (AvgIpc) is 2.03. The fraction of sp³-hybridized carbons (Fsp3) is 0.750. The van der Waals surface area contributed by atoms with Gasteiger partial charge in [-0.3, -0.25) is 0 Å². The van der Waals surface area contributed by atoms with Gasteiger partial charge in [0.2, 0.25) is 0 Å². The summed E-state index contributed by atoms with van der Waals surface area (Å²) in [6, 6.07) is 0. The van der Waals surface area contributed by atoms with Crippen molar-refractivity contribution in [1.82, 2.24) is 0 Å². The van der Waals surface area contributed by atoms with Gasteiger partial charge in [0.1, 0.15) is 9.84 Å². The first-order chi connectivity index (χ1) is 5.55. The SMILES string of the molecule is C=C(CN)C1CCS(=O)(=O)CC1. The van der Waals surface area contributed by atoms with Gasteiger partial charge in [-0.25, -0.2) is 8.42 Å². The summed E-state index contributed by atoms with van der Waals surface area (Å²) in [7, 11) is -2.74. The number of hydrogen-bond acceptors (Lipinski definition) is 3. The molecule has 70 valence electrons. The molecule has 1 saturated heterocycles. The molecule has 1 fully saturated rings. The van der Waals surface area contributed by atoms with Gasteiger partial charge in [-0.15, -0.1) is 0 Å². The Morgan fingerprint density at radius 3 is 2.33 bits per heavy atom. The van der Waals surface area contributed by atoms with Crippen molar-refractivity contribution in [3.63, 3.8) is 0 Å². The zero-order chi connectivity index (χ0) is 9.19. The molecule has 0 aromatic carbocycles. The number of hydrogen-bond donors (Lipinski definition) is 1. The van der Waals surface area contributed by atoms with E-state index in [4.69, 9.17) is 5.73 Å². The maximum absolute atomic E-state index is 11.0. The highest BCUT2D eigenvalue weighted by Crippen LogP contribution is 2.23. The van der Waals surface area contributed by atoms with Crippen LogP contribution in [0.5, 0.6) is 0 Å². The summed E-state index contributed by atoms with van der Waals surface area (Å²) >= 11 is 0. The molecular weight excluding hydrogens is 174 g/mol. The maximum atomic E-state index is 11.0. The highest BCUT2D eigenvalue weighted by atomic mass is 32.2. The highest BCUT2D eigenvalue weighted by molar-refractivity contribution is 7.91.